The van der Waals surface area contributed by atoms with Gasteiger partial charge in [-0.2, -0.15) is 0 Å². The van der Waals surface area contributed by atoms with E-state index in [1.54, 1.807) is 12.1 Å². The Morgan fingerprint density at radius 1 is 1.00 bits per heavy atom. The number of nitrogens with zero attached hydrogens (tertiary/aromatic N) is 4. The monoisotopic (exact) mass is 426 g/mol. The predicted molar refractivity (Wildman–Crippen MR) is 115 cm³/mol. The maximum atomic E-state index is 13.6. The van der Waals surface area contributed by atoms with Gasteiger partial charge in [0.2, 0.25) is 5.91 Å². The molecule has 1 aromatic heterocycles. The molecule has 4 heterocycles. The summed E-state index contributed by atoms with van der Waals surface area (Å²) in [6.07, 6.45) is 1.77. The van der Waals surface area contributed by atoms with E-state index in [0.717, 1.165) is 24.5 Å². The van der Waals surface area contributed by atoms with Crippen molar-refractivity contribution in [2.24, 2.45) is 0 Å². The molecule has 1 unspecified atom stereocenters. The van der Waals surface area contributed by atoms with Crippen LogP contribution in [0.2, 0.25) is 0 Å². The molecule has 0 radical (unpaired) electrons. The van der Waals surface area contributed by atoms with Crippen molar-refractivity contribution in [3.8, 4) is 0 Å². The first-order valence-electron chi connectivity index (χ1n) is 10.9. The molecule has 0 aliphatic carbocycles. The zero-order valence-corrected chi connectivity index (χ0v) is 17.5. The quantitative estimate of drug-likeness (QED) is 0.752. The normalized spacial score (nSPS) is 24.9. The van der Waals surface area contributed by atoms with E-state index < -0.39 is 6.17 Å². The number of piperazine rings is 1. The first-order valence-corrected chi connectivity index (χ1v) is 10.9. The van der Waals surface area contributed by atoms with Gasteiger partial charge in [0, 0.05) is 69.7 Å². The van der Waals surface area contributed by atoms with Crippen LogP contribution >= 0.6 is 0 Å². The van der Waals surface area contributed by atoms with Crippen LogP contribution in [0, 0.1) is 0 Å². The molecule has 1 aromatic carbocycles. The van der Waals surface area contributed by atoms with Gasteiger partial charge in [0.1, 0.15) is 6.17 Å². The van der Waals surface area contributed by atoms with Crippen LogP contribution in [-0.4, -0.2) is 79.6 Å². The number of halogens is 1. The van der Waals surface area contributed by atoms with Crippen LogP contribution in [0.1, 0.15) is 23.4 Å². The van der Waals surface area contributed by atoms with E-state index >= 15 is 0 Å². The number of anilines is 2. The van der Waals surface area contributed by atoms with Gasteiger partial charge in [-0.05, 0) is 36.8 Å². The molecule has 0 bridgehead atoms. The summed E-state index contributed by atoms with van der Waals surface area (Å²) in [6, 6.07) is 11.4. The van der Waals surface area contributed by atoms with Crippen molar-refractivity contribution in [2.75, 3.05) is 55.6 Å². The van der Waals surface area contributed by atoms with Gasteiger partial charge in [-0.1, -0.05) is 6.07 Å². The van der Waals surface area contributed by atoms with Crippen molar-refractivity contribution in [1.82, 2.24) is 9.80 Å². The maximum absolute atomic E-state index is 13.6. The SMILES string of the molecule is O=C(c1ccco1)N1CCN(C2CC(=O)N(c3cccc(N4CC[C@@H](F)C4)c3)C2)CC1. The smallest absolute Gasteiger partial charge is 0.289 e. The van der Waals surface area contributed by atoms with Crippen LogP contribution in [0.25, 0.3) is 0 Å². The van der Waals surface area contributed by atoms with Crippen molar-refractivity contribution in [3.05, 3.63) is 48.4 Å². The molecule has 164 valence electrons. The lowest BCUT2D eigenvalue weighted by molar-refractivity contribution is -0.117. The van der Waals surface area contributed by atoms with Crippen molar-refractivity contribution < 1.29 is 18.4 Å². The fourth-order valence-electron chi connectivity index (χ4n) is 4.84. The van der Waals surface area contributed by atoms with E-state index in [2.05, 4.69) is 4.90 Å². The van der Waals surface area contributed by atoms with Crippen LogP contribution in [-0.2, 0) is 4.79 Å². The topological polar surface area (TPSA) is 60.2 Å². The Kier molecular flexibility index (Phi) is 5.40. The first kappa shape index (κ1) is 20.1. The molecule has 8 heteroatoms. The van der Waals surface area contributed by atoms with E-state index in [0.29, 0.717) is 51.3 Å². The lowest BCUT2D eigenvalue weighted by atomic mass is 10.2. The van der Waals surface area contributed by atoms with Gasteiger partial charge in [0.05, 0.1) is 6.26 Å². The third-order valence-electron chi connectivity index (χ3n) is 6.59. The van der Waals surface area contributed by atoms with E-state index in [9.17, 15) is 14.0 Å². The molecule has 2 atom stereocenters. The number of carbonyl (C=O) groups excluding carboxylic acids is 2. The van der Waals surface area contributed by atoms with Crippen LogP contribution < -0.4 is 9.80 Å². The second kappa shape index (κ2) is 8.34. The summed E-state index contributed by atoms with van der Waals surface area (Å²) in [7, 11) is 0. The maximum Gasteiger partial charge on any atom is 0.289 e. The molecule has 3 aliphatic rings. The molecule has 31 heavy (non-hydrogen) atoms. The summed E-state index contributed by atoms with van der Waals surface area (Å²) in [4.78, 5) is 33.3. The minimum Gasteiger partial charge on any atom is -0.459 e. The number of hydrogen-bond acceptors (Lipinski definition) is 5. The minimum atomic E-state index is -0.778. The first-order chi connectivity index (χ1) is 15.1. The highest BCUT2D eigenvalue weighted by atomic mass is 19.1. The molecular weight excluding hydrogens is 399 g/mol. The Morgan fingerprint density at radius 2 is 1.81 bits per heavy atom. The van der Waals surface area contributed by atoms with E-state index in [1.165, 1.54) is 6.26 Å². The lowest BCUT2D eigenvalue weighted by Crippen LogP contribution is -2.52. The molecule has 2 amide bonds. The fraction of sp³-hybridized carbons (Fsp3) is 0.478. The average molecular weight is 426 g/mol. The summed E-state index contributed by atoms with van der Waals surface area (Å²) < 4.78 is 18.8. The number of carbonyl (C=O) groups is 2. The highest BCUT2D eigenvalue weighted by Gasteiger charge is 2.36. The largest absolute Gasteiger partial charge is 0.459 e. The Morgan fingerprint density at radius 3 is 2.52 bits per heavy atom. The zero-order valence-electron chi connectivity index (χ0n) is 17.5. The van der Waals surface area contributed by atoms with Crippen LogP contribution in [0.15, 0.2) is 47.1 Å². The van der Waals surface area contributed by atoms with Crippen molar-refractivity contribution in [3.63, 3.8) is 0 Å². The Hall–Kier alpha value is -2.87. The Balaban J connectivity index is 1.21. The van der Waals surface area contributed by atoms with Crippen molar-refractivity contribution >= 4 is 23.2 Å². The number of furan rings is 1. The summed E-state index contributed by atoms with van der Waals surface area (Å²) in [6.45, 7) is 4.50. The average Bonchev–Trinajstić information content (AvgIpc) is 3.55. The van der Waals surface area contributed by atoms with Gasteiger partial charge in [0.15, 0.2) is 5.76 Å². The van der Waals surface area contributed by atoms with Crippen LogP contribution in [0.5, 0.6) is 0 Å². The molecule has 2 aromatic rings. The second-order valence-corrected chi connectivity index (χ2v) is 8.52. The second-order valence-electron chi connectivity index (χ2n) is 8.52. The zero-order chi connectivity index (χ0) is 21.4. The van der Waals surface area contributed by atoms with Gasteiger partial charge in [-0.25, -0.2) is 4.39 Å². The van der Waals surface area contributed by atoms with Gasteiger partial charge in [-0.15, -0.1) is 0 Å². The Bertz CT molecular complexity index is 942. The standard InChI is InChI=1S/C23H27FN4O3/c24-17-6-7-27(15-17)18-3-1-4-19(13-18)28-16-20(14-22(28)29)25-8-10-26(11-9-25)23(30)21-5-2-12-31-21/h1-5,12-13,17,20H,6-11,14-16H2/t17-,20?/m1/s1. The number of rotatable bonds is 4. The van der Waals surface area contributed by atoms with Gasteiger partial charge >= 0.3 is 0 Å². The van der Waals surface area contributed by atoms with E-state index in [-0.39, 0.29) is 17.9 Å². The lowest BCUT2D eigenvalue weighted by Gasteiger charge is -2.37. The molecule has 3 fully saturated rings. The van der Waals surface area contributed by atoms with Gasteiger partial charge in [-0.3, -0.25) is 14.5 Å². The molecular formula is C23H27FN4O3. The summed E-state index contributed by atoms with van der Waals surface area (Å²) in [5.41, 5.74) is 1.85. The number of amides is 2. The van der Waals surface area contributed by atoms with Crippen LogP contribution in [0.3, 0.4) is 0 Å². The summed E-state index contributed by atoms with van der Waals surface area (Å²) in [5.74, 6) is 0.400. The molecule has 3 aliphatic heterocycles. The van der Waals surface area contributed by atoms with Crippen LogP contribution in [0.4, 0.5) is 15.8 Å². The van der Waals surface area contributed by atoms with Gasteiger partial charge in [0.25, 0.3) is 5.91 Å². The number of benzene rings is 1. The fourth-order valence-corrected chi connectivity index (χ4v) is 4.84. The summed E-state index contributed by atoms with van der Waals surface area (Å²) >= 11 is 0. The predicted octanol–water partition coefficient (Wildman–Crippen LogP) is 2.39. The number of alkyl halides is 1. The molecule has 5 rings (SSSR count). The highest BCUT2D eigenvalue weighted by Crippen LogP contribution is 2.30. The Labute approximate surface area is 181 Å². The molecule has 0 saturated carbocycles. The minimum absolute atomic E-state index is 0.0805. The van der Waals surface area contributed by atoms with Crippen molar-refractivity contribution in [1.29, 1.82) is 0 Å². The summed E-state index contributed by atoms with van der Waals surface area (Å²) in [5, 5.41) is 0. The number of hydrogen-bond donors (Lipinski definition) is 0. The third kappa shape index (κ3) is 4.04. The van der Waals surface area contributed by atoms with Gasteiger partial charge < -0.3 is 19.1 Å². The van der Waals surface area contributed by atoms with E-state index in [1.807, 2.05) is 39.0 Å². The van der Waals surface area contributed by atoms with Crippen molar-refractivity contribution in [2.45, 2.75) is 25.1 Å². The molecule has 3 saturated heterocycles. The molecule has 0 spiro atoms. The molecule has 7 nitrogen and oxygen atoms in total. The molecule has 0 N–H and O–H groups in total. The highest BCUT2D eigenvalue weighted by molar-refractivity contribution is 5.96. The third-order valence-corrected chi connectivity index (χ3v) is 6.59. The van der Waals surface area contributed by atoms with E-state index in [4.69, 9.17) is 4.42 Å².